The van der Waals surface area contributed by atoms with E-state index < -0.39 is 11.9 Å². The molecule has 13 heteroatoms. The molecule has 4 rings (SSSR count). The molecule has 0 aliphatic carbocycles. The number of imide groups is 1. The Balaban J connectivity index is 1.47. The predicted molar refractivity (Wildman–Crippen MR) is 148 cm³/mol. The maximum atomic E-state index is 13.1. The first-order valence-corrected chi connectivity index (χ1v) is 13.4. The van der Waals surface area contributed by atoms with Gasteiger partial charge in [-0.3, -0.25) is 24.5 Å². The van der Waals surface area contributed by atoms with E-state index in [1.165, 1.54) is 19.1 Å². The highest BCUT2D eigenvalue weighted by molar-refractivity contribution is 6.06. The van der Waals surface area contributed by atoms with Crippen molar-refractivity contribution in [3.8, 4) is 17.2 Å². The number of unbranched alkanes of at least 4 members (excludes halogenated alkanes) is 2. The summed E-state index contributed by atoms with van der Waals surface area (Å²) in [5.74, 6) is -0.548. The van der Waals surface area contributed by atoms with Crippen LogP contribution >= 0.6 is 0 Å². The van der Waals surface area contributed by atoms with Crippen LogP contribution in [0.3, 0.4) is 0 Å². The molecule has 218 valence electrons. The van der Waals surface area contributed by atoms with Crippen LogP contribution in [0.1, 0.15) is 48.0 Å². The average molecular weight is 567 g/mol. The molecule has 1 atom stereocenters. The number of fused-ring (bicyclic) bond motifs is 1. The number of rotatable bonds is 13. The van der Waals surface area contributed by atoms with Crippen LogP contribution < -0.4 is 30.6 Å². The Labute approximate surface area is 237 Å². The summed E-state index contributed by atoms with van der Waals surface area (Å²) in [6.45, 7) is 1.11. The monoisotopic (exact) mass is 566 g/mol. The van der Waals surface area contributed by atoms with Gasteiger partial charge in [0.2, 0.25) is 17.6 Å². The van der Waals surface area contributed by atoms with E-state index in [4.69, 9.17) is 19.9 Å². The summed E-state index contributed by atoms with van der Waals surface area (Å²) in [6, 6.07) is 7.56. The lowest BCUT2D eigenvalue weighted by Crippen LogP contribution is -2.52. The number of carbonyl (C=O) groups is 4. The van der Waals surface area contributed by atoms with Gasteiger partial charge in [0.25, 0.3) is 11.8 Å². The highest BCUT2D eigenvalue weighted by Gasteiger charge is 2.39. The largest absolute Gasteiger partial charge is 0.493 e. The molecule has 2 aliphatic rings. The van der Waals surface area contributed by atoms with Crippen LogP contribution in [-0.4, -0.2) is 68.5 Å². The van der Waals surface area contributed by atoms with Gasteiger partial charge in [0, 0.05) is 42.8 Å². The molecule has 0 spiro atoms. The molecule has 0 bridgehead atoms. The summed E-state index contributed by atoms with van der Waals surface area (Å²) in [5, 5.41) is 13.8. The average Bonchev–Trinajstić information content (AvgIpc) is 3.31. The second-order valence-electron chi connectivity index (χ2n) is 9.57. The zero-order valence-corrected chi connectivity index (χ0v) is 23.1. The van der Waals surface area contributed by atoms with Gasteiger partial charge < -0.3 is 30.2 Å². The normalized spacial score (nSPS) is 16.5. The molecule has 2 aromatic rings. The van der Waals surface area contributed by atoms with Crippen molar-refractivity contribution in [2.45, 2.75) is 44.7 Å². The van der Waals surface area contributed by atoms with E-state index in [1.807, 2.05) is 0 Å². The molecule has 41 heavy (non-hydrogen) atoms. The van der Waals surface area contributed by atoms with Crippen LogP contribution in [0.2, 0.25) is 0 Å². The highest BCUT2D eigenvalue weighted by atomic mass is 16.5. The van der Waals surface area contributed by atoms with Crippen LogP contribution in [-0.2, 0) is 20.9 Å². The van der Waals surface area contributed by atoms with Gasteiger partial charge >= 0.3 is 0 Å². The minimum Gasteiger partial charge on any atom is -0.493 e. The molecule has 4 amide bonds. The van der Waals surface area contributed by atoms with E-state index in [0.717, 1.165) is 19.3 Å². The number of nitrogens with zero attached hydrogens (tertiary/aromatic N) is 3. The third-order valence-electron chi connectivity index (χ3n) is 6.83. The van der Waals surface area contributed by atoms with E-state index in [1.54, 1.807) is 30.3 Å². The molecule has 2 heterocycles. The van der Waals surface area contributed by atoms with Gasteiger partial charge in [0.05, 0.1) is 25.6 Å². The maximum absolute atomic E-state index is 13.1. The first-order chi connectivity index (χ1) is 19.9. The van der Waals surface area contributed by atoms with Crippen LogP contribution in [0.25, 0.3) is 0 Å². The quantitative estimate of drug-likeness (QED) is 0.188. The van der Waals surface area contributed by atoms with Gasteiger partial charge in [-0.1, -0.05) is 12.5 Å². The van der Waals surface area contributed by atoms with E-state index in [0.29, 0.717) is 47.1 Å². The van der Waals surface area contributed by atoms with Gasteiger partial charge in [0.1, 0.15) is 6.04 Å². The SMILES string of the molecule is COc1cc(N=Nc2cccc3c2CN(C2CCC(=O)NC2=O)C3=O)cc(OC)c1OCC(=O)NCCCCCN. The van der Waals surface area contributed by atoms with Crippen molar-refractivity contribution in [3.05, 3.63) is 41.5 Å². The number of nitrogens with two attached hydrogens (primary N) is 1. The van der Waals surface area contributed by atoms with Crippen molar-refractivity contribution in [3.63, 3.8) is 0 Å². The second kappa shape index (κ2) is 13.7. The number of hydrogen-bond acceptors (Lipinski definition) is 10. The zero-order valence-electron chi connectivity index (χ0n) is 23.1. The molecule has 0 saturated carbocycles. The number of piperidine rings is 1. The number of benzene rings is 2. The second-order valence-corrected chi connectivity index (χ2v) is 9.57. The topological polar surface area (TPSA) is 174 Å². The zero-order chi connectivity index (χ0) is 29.4. The molecular weight excluding hydrogens is 532 g/mol. The van der Waals surface area contributed by atoms with E-state index in [9.17, 15) is 19.2 Å². The van der Waals surface area contributed by atoms with E-state index in [2.05, 4.69) is 20.9 Å². The fraction of sp³-hybridized carbons (Fsp3) is 0.429. The van der Waals surface area contributed by atoms with Crippen LogP contribution in [0.15, 0.2) is 40.6 Å². The fourth-order valence-corrected chi connectivity index (χ4v) is 4.70. The number of amides is 4. The molecule has 0 aromatic heterocycles. The van der Waals surface area contributed by atoms with E-state index in [-0.39, 0.29) is 49.5 Å². The maximum Gasteiger partial charge on any atom is 0.257 e. The Hall–Kier alpha value is -4.52. The smallest absolute Gasteiger partial charge is 0.257 e. The summed E-state index contributed by atoms with van der Waals surface area (Å²) in [6.07, 6.45) is 3.13. The van der Waals surface area contributed by atoms with Crippen LogP contribution in [0.4, 0.5) is 11.4 Å². The minimum absolute atomic E-state index is 0.171. The lowest BCUT2D eigenvalue weighted by molar-refractivity contribution is -0.137. The number of ether oxygens (including phenoxy) is 3. The number of methoxy groups -OCH3 is 2. The van der Waals surface area contributed by atoms with Gasteiger partial charge in [-0.15, -0.1) is 0 Å². The van der Waals surface area contributed by atoms with Crippen molar-refractivity contribution in [2.24, 2.45) is 16.0 Å². The molecule has 1 saturated heterocycles. The third-order valence-corrected chi connectivity index (χ3v) is 6.83. The summed E-state index contributed by atoms with van der Waals surface area (Å²) in [5.41, 5.74) is 7.41. The molecule has 0 radical (unpaired) electrons. The van der Waals surface area contributed by atoms with Crippen molar-refractivity contribution in [2.75, 3.05) is 33.9 Å². The van der Waals surface area contributed by atoms with E-state index >= 15 is 0 Å². The minimum atomic E-state index is -0.725. The molecule has 4 N–H and O–H groups in total. The number of azo groups is 1. The Morgan fingerprint density at radius 3 is 2.54 bits per heavy atom. The van der Waals surface area contributed by atoms with Crippen molar-refractivity contribution < 1.29 is 33.4 Å². The fourth-order valence-electron chi connectivity index (χ4n) is 4.70. The third kappa shape index (κ3) is 6.98. The lowest BCUT2D eigenvalue weighted by atomic mass is 10.0. The van der Waals surface area contributed by atoms with Gasteiger partial charge in [-0.05, 0) is 37.9 Å². The Morgan fingerprint density at radius 1 is 1.10 bits per heavy atom. The number of hydrogen-bond donors (Lipinski definition) is 3. The lowest BCUT2D eigenvalue weighted by Gasteiger charge is -2.29. The first-order valence-electron chi connectivity index (χ1n) is 13.4. The standard InChI is InChI=1S/C28H34N6O7/c1-39-22-13-17(14-23(40-2)26(22)41-16-25(36)30-12-5-3-4-11-29)32-33-20-8-6-7-18-19(20)15-34(28(18)38)21-9-10-24(35)31-27(21)37/h6-8,13-14,21H,3-5,9-12,15-16,29H2,1-2H3,(H,30,36)(H,31,35,37). The van der Waals surface area contributed by atoms with Gasteiger partial charge in [-0.25, -0.2) is 0 Å². The predicted octanol–water partition coefficient (Wildman–Crippen LogP) is 2.50. The number of nitrogens with one attached hydrogen (secondary N) is 2. The summed E-state index contributed by atoms with van der Waals surface area (Å²) >= 11 is 0. The Bertz CT molecular complexity index is 1320. The summed E-state index contributed by atoms with van der Waals surface area (Å²) in [7, 11) is 2.92. The Morgan fingerprint density at radius 2 is 1.85 bits per heavy atom. The van der Waals surface area contributed by atoms with Crippen molar-refractivity contribution in [1.29, 1.82) is 0 Å². The molecule has 2 aliphatic heterocycles. The first kappa shape index (κ1) is 29.5. The van der Waals surface area contributed by atoms with Crippen LogP contribution in [0.5, 0.6) is 17.2 Å². The number of carbonyl (C=O) groups excluding carboxylic acids is 4. The van der Waals surface area contributed by atoms with Crippen molar-refractivity contribution in [1.82, 2.24) is 15.5 Å². The molecule has 13 nitrogen and oxygen atoms in total. The summed E-state index contributed by atoms with van der Waals surface area (Å²) in [4.78, 5) is 50.7. The summed E-state index contributed by atoms with van der Waals surface area (Å²) < 4.78 is 16.6. The molecule has 1 unspecified atom stereocenters. The Kier molecular flexibility index (Phi) is 9.85. The molecule has 1 fully saturated rings. The molecular formula is C28H34N6O7. The van der Waals surface area contributed by atoms with Gasteiger partial charge in [0.15, 0.2) is 18.1 Å². The van der Waals surface area contributed by atoms with Crippen LogP contribution in [0, 0.1) is 0 Å². The highest BCUT2D eigenvalue weighted by Crippen LogP contribution is 2.42. The molecule has 2 aromatic carbocycles. The van der Waals surface area contributed by atoms with Gasteiger partial charge in [-0.2, -0.15) is 10.2 Å². The van der Waals surface area contributed by atoms with Crippen molar-refractivity contribution >= 4 is 35.0 Å².